The number of anilines is 1. The molecule has 9 rings (SSSR count). The molecule has 4 aromatic rings. The highest BCUT2D eigenvalue weighted by Gasteiger charge is 2.78. The van der Waals surface area contributed by atoms with Crippen molar-refractivity contribution >= 4 is 34.3 Å². The van der Waals surface area contributed by atoms with Crippen LogP contribution < -0.4 is 10.2 Å². The number of hydrogen-bond donors (Lipinski definition) is 3. The lowest BCUT2D eigenvalue weighted by Crippen LogP contribution is -2.40. The van der Waals surface area contributed by atoms with E-state index < -0.39 is 17.3 Å². The van der Waals surface area contributed by atoms with Crippen LogP contribution in [0, 0.1) is 23.2 Å². The predicted octanol–water partition coefficient (Wildman–Crippen LogP) is 6.00. The molecule has 3 aliphatic heterocycles. The van der Waals surface area contributed by atoms with E-state index in [1.807, 2.05) is 47.5 Å². The molecule has 3 saturated heterocycles. The van der Waals surface area contributed by atoms with Gasteiger partial charge in [-0.1, -0.05) is 13.0 Å². The lowest BCUT2D eigenvalue weighted by molar-refractivity contribution is -0.134. The molecule has 1 saturated carbocycles. The van der Waals surface area contributed by atoms with Crippen molar-refractivity contribution in [1.82, 2.24) is 30.4 Å². The van der Waals surface area contributed by atoms with Gasteiger partial charge < -0.3 is 14.8 Å². The number of piperidine rings is 3. The number of fused-ring (bicyclic) bond motifs is 3. The number of alkyl halides is 2. The van der Waals surface area contributed by atoms with Crippen molar-refractivity contribution in [2.75, 3.05) is 31.1 Å². The van der Waals surface area contributed by atoms with Crippen LogP contribution in [-0.2, 0) is 22.4 Å². The number of pyridine rings is 1. The zero-order chi connectivity index (χ0) is 35.1. The largest absolute Gasteiger partial charge is 0.370 e. The molecule has 2 aliphatic carbocycles. The minimum absolute atomic E-state index is 0.0458. The molecule has 3 amide bonds. The molecule has 12 heteroatoms. The topological polar surface area (TPSA) is 127 Å². The summed E-state index contributed by atoms with van der Waals surface area (Å²) in [4.78, 5) is 49.7. The molecule has 51 heavy (non-hydrogen) atoms. The van der Waals surface area contributed by atoms with Gasteiger partial charge in [0.05, 0.1) is 29.2 Å². The first-order valence-electron chi connectivity index (χ1n) is 18.5. The van der Waals surface area contributed by atoms with Gasteiger partial charge in [-0.2, -0.15) is 5.10 Å². The van der Waals surface area contributed by atoms with Crippen molar-refractivity contribution in [3.63, 3.8) is 0 Å². The summed E-state index contributed by atoms with van der Waals surface area (Å²) >= 11 is 0. The highest BCUT2D eigenvalue weighted by molar-refractivity contribution is 6.01. The Labute approximate surface area is 294 Å². The molecule has 0 spiro atoms. The second-order valence-electron chi connectivity index (χ2n) is 15.8. The Hall–Kier alpha value is -4.61. The number of imide groups is 1. The molecule has 0 bridgehead atoms. The van der Waals surface area contributed by atoms with Gasteiger partial charge in [-0.3, -0.25) is 29.8 Å². The normalized spacial score (nSPS) is 26.6. The Balaban J connectivity index is 0.767. The van der Waals surface area contributed by atoms with Gasteiger partial charge in [0.1, 0.15) is 5.69 Å². The summed E-state index contributed by atoms with van der Waals surface area (Å²) < 4.78 is 28.9. The zero-order valence-corrected chi connectivity index (χ0v) is 28.8. The van der Waals surface area contributed by atoms with E-state index in [4.69, 9.17) is 0 Å². The van der Waals surface area contributed by atoms with Crippen molar-refractivity contribution in [2.45, 2.75) is 76.6 Å². The number of halogens is 2. The number of carbonyl (C=O) groups excluding carboxylic acids is 3. The summed E-state index contributed by atoms with van der Waals surface area (Å²) in [5.41, 5.74) is 5.47. The van der Waals surface area contributed by atoms with E-state index >= 15 is 0 Å². The van der Waals surface area contributed by atoms with Crippen LogP contribution in [0.5, 0.6) is 0 Å². The van der Waals surface area contributed by atoms with Gasteiger partial charge in [-0.15, -0.1) is 0 Å². The molecular formula is C39H43F2N7O3. The Bertz CT molecular complexity index is 2020. The minimum atomic E-state index is -2.64. The van der Waals surface area contributed by atoms with Gasteiger partial charge in [0.2, 0.25) is 11.8 Å². The molecule has 1 aromatic carbocycles. The number of rotatable bonds is 6. The van der Waals surface area contributed by atoms with E-state index in [-0.39, 0.29) is 23.6 Å². The fourth-order valence-electron chi connectivity index (χ4n) is 9.44. The Kier molecular flexibility index (Phi) is 7.59. The predicted molar refractivity (Wildman–Crippen MR) is 187 cm³/mol. The van der Waals surface area contributed by atoms with Gasteiger partial charge in [-0.05, 0) is 87.1 Å². The molecular weight excluding hydrogens is 652 g/mol. The number of aromatic nitrogens is 4. The number of amides is 3. The molecule has 266 valence electrons. The Morgan fingerprint density at radius 3 is 2.47 bits per heavy atom. The van der Waals surface area contributed by atoms with Gasteiger partial charge in [0.15, 0.2) is 0 Å². The summed E-state index contributed by atoms with van der Waals surface area (Å²) in [5.74, 6) is -2.79. The fraction of sp³-hybridized carbons (Fsp3) is 0.513. The highest BCUT2D eigenvalue weighted by atomic mass is 19.3. The number of H-pyrrole nitrogens is 2. The van der Waals surface area contributed by atoms with E-state index in [0.29, 0.717) is 48.8 Å². The summed E-state index contributed by atoms with van der Waals surface area (Å²) in [6.07, 6.45) is 8.80. The lowest BCUT2D eigenvalue weighted by atomic mass is 9.82. The maximum absolute atomic E-state index is 14.5. The zero-order valence-electron chi connectivity index (χ0n) is 28.8. The second kappa shape index (κ2) is 12.0. The number of benzene rings is 1. The molecule has 5 aliphatic rings. The van der Waals surface area contributed by atoms with Crippen molar-refractivity contribution in [3.05, 3.63) is 65.1 Å². The van der Waals surface area contributed by atoms with Gasteiger partial charge >= 0.3 is 0 Å². The standard InChI is InChI=1S/C39H43F2N7O3/c1-38-20-32-28(19-33(38)39(38,40)41)35(46-45-32)31-17-24-2-3-25(18-30(24)43-31)37(51)48-14-10-23(11-15-48)16-22-8-12-47(13-9-22)26-4-6-29(42-21-26)27-5-7-34(49)44-36(27)50/h2-4,6,17-18,21-23,27,33,43H,5,7-16,19-20H2,1H3,(H,45,46)(H,44,49,50)/t27?,33-,38?/m0/s1. The first kappa shape index (κ1) is 32.3. The van der Waals surface area contributed by atoms with Crippen molar-refractivity contribution in [3.8, 4) is 11.4 Å². The van der Waals surface area contributed by atoms with Crippen molar-refractivity contribution in [1.29, 1.82) is 0 Å². The highest BCUT2D eigenvalue weighted by Crippen LogP contribution is 2.70. The Morgan fingerprint density at radius 2 is 1.75 bits per heavy atom. The van der Waals surface area contributed by atoms with E-state index in [2.05, 4.69) is 30.4 Å². The van der Waals surface area contributed by atoms with E-state index in [9.17, 15) is 23.2 Å². The summed E-state index contributed by atoms with van der Waals surface area (Å²) in [6, 6.07) is 11.7. The van der Waals surface area contributed by atoms with Crippen LogP contribution in [0.1, 0.15) is 85.1 Å². The molecule has 3 aromatic heterocycles. The smallest absolute Gasteiger partial charge is 0.258 e. The fourth-order valence-corrected chi connectivity index (χ4v) is 9.44. The van der Waals surface area contributed by atoms with E-state index in [1.165, 1.54) is 6.42 Å². The second-order valence-corrected chi connectivity index (χ2v) is 15.8. The van der Waals surface area contributed by atoms with Crippen LogP contribution in [0.3, 0.4) is 0 Å². The maximum atomic E-state index is 14.5. The Morgan fingerprint density at radius 1 is 0.980 bits per heavy atom. The third-order valence-corrected chi connectivity index (χ3v) is 12.8. The quantitative estimate of drug-likeness (QED) is 0.213. The number of likely N-dealkylation sites (tertiary alicyclic amines) is 1. The monoisotopic (exact) mass is 695 g/mol. The van der Waals surface area contributed by atoms with Crippen LogP contribution >= 0.6 is 0 Å². The average Bonchev–Trinajstić information content (AvgIpc) is 3.52. The summed E-state index contributed by atoms with van der Waals surface area (Å²) in [6.45, 7) is 5.13. The van der Waals surface area contributed by atoms with Crippen LogP contribution in [0.25, 0.3) is 22.3 Å². The SMILES string of the molecule is CC12Cc3[nH]nc(-c4cc5ccc(C(=O)N6CCC(CC7CCN(c8ccc(C9CCC(=O)NC9=O)nc8)CC7)CC6)cc5[nH]4)c3C[C@@H]1C2(F)F. The van der Waals surface area contributed by atoms with Crippen LogP contribution in [0.2, 0.25) is 0 Å². The molecule has 2 unspecified atom stereocenters. The number of aromatic amines is 2. The number of carbonyl (C=O) groups is 3. The van der Waals surface area contributed by atoms with Gasteiger partial charge in [0, 0.05) is 78.1 Å². The number of hydrogen-bond acceptors (Lipinski definition) is 6. The first-order valence-corrected chi connectivity index (χ1v) is 18.5. The molecule has 0 radical (unpaired) electrons. The summed E-state index contributed by atoms with van der Waals surface area (Å²) in [7, 11) is 0. The average molecular weight is 696 g/mol. The van der Waals surface area contributed by atoms with Crippen molar-refractivity contribution in [2.24, 2.45) is 23.2 Å². The lowest BCUT2D eigenvalue weighted by Gasteiger charge is -2.37. The van der Waals surface area contributed by atoms with E-state index in [0.717, 1.165) is 91.1 Å². The molecule has 3 atom stereocenters. The molecule has 3 N–H and O–H groups in total. The maximum Gasteiger partial charge on any atom is 0.258 e. The first-order chi connectivity index (χ1) is 24.6. The van der Waals surface area contributed by atoms with Crippen LogP contribution in [-0.4, -0.2) is 74.9 Å². The third-order valence-electron chi connectivity index (χ3n) is 12.8. The number of nitrogens with one attached hydrogen (secondary N) is 3. The number of nitrogens with zero attached hydrogens (tertiary/aromatic N) is 4. The molecule has 6 heterocycles. The van der Waals surface area contributed by atoms with E-state index in [1.54, 1.807) is 6.92 Å². The molecule has 4 fully saturated rings. The summed E-state index contributed by atoms with van der Waals surface area (Å²) in [5, 5.41) is 10.9. The van der Waals surface area contributed by atoms with Crippen LogP contribution in [0.15, 0.2) is 42.6 Å². The van der Waals surface area contributed by atoms with Crippen molar-refractivity contribution < 1.29 is 23.2 Å². The van der Waals surface area contributed by atoms with Crippen LogP contribution in [0.4, 0.5) is 14.5 Å². The minimum Gasteiger partial charge on any atom is -0.370 e. The third kappa shape index (κ3) is 5.52. The van der Waals surface area contributed by atoms with Gasteiger partial charge in [0.25, 0.3) is 11.8 Å². The van der Waals surface area contributed by atoms with Gasteiger partial charge in [-0.25, -0.2) is 8.78 Å². The molecule has 10 nitrogen and oxygen atoms in total.